The number of anilines is 1. The molecule has 4 aromatic rings. The summed E-state index contributed by atoms with van der Waals surface area (Å²) in [6.45, 7) is 2.97. The molecule has 0 atom stereocenters. The van der Waals surface area contributed by atoms with Crippen LogP contribution < -0.4 is 5.73 Å². The third-order valence-electron chi connectivity index (χ3n) is 4.12. The highest BCUT2D eigenvalue weighted by atomic mass is 32.2. The molecule has 7 heteroatoms. The zero-order valence-electron chi connectivity index (χ0n) is 13.9. The van der Waals surface area contributed by atoms with Crippen molar-refractivity contribution in [1.82, 2.24) is 24.5 Å². The molecule has 0 saturated heterocycles. The van der Waals surface area contributed by atoms with E-state index >= 15 is 0 Å². The normalized spacial score (nSPS) is 11.4. The lowest BCUT2D eigenvalue weighted by atomic mass is 10.1. The Morgan fingerprint density at radius 2 is 2.04 bits per heavy atom. The summed E-state index contributed by atoms with van der Waals surface area (Å²) in [5.41, 5.74) is 9.60. The Labute approximate surface area is 149 Å². The third-order valence-corrected chi connectivity index (χ3v) is 5.12. The predicted molar refractivity (Wildman–Crippen MR) is 102 cm³/mol. The number of nitrogen functional groups attached to an aromatic ring is 1. The van der Waals surface area contributed by atoms with Crippen LogP contribution in [0.15, 0.2) is 48.0 Å². The second-order valence-corrected chi connectivity index (χ2v) is 6.98. The van der Waals surface area contributed by atoms with Crippen LogP contribution in [0.2, 0.25) is 0 Å². The number of fused-ring (bicyclic) bond motifs is 2. The lowest BCUT2D eigenvalue weighted by Crippen LogP contribution is -2.00. The summed E-state index contributed by atoms with van der Waals surface area (Å²) in [4.78, 5) is 17.3. The van der Waals surface area contributed by atoms with Gasteiger partial charge in [-0.05, 0) is 31.0 Å². The van der Waals surface area contributed by atoms with Crippen LogP contribution >= 0.6 is 11.8 Å². The molecular weight excluding hydrogens is 332 g/mol. The minimum atomic E-state index is 0.425. The summed E-state index contributed by atoms with van der Waals surface area (Å²) >= 11 is 1.78. The molecule has 0 aliphatic heterocycles. The molecule has 0 radical (unpaired) electrons. The molecule has 0 bridgehead atoms. The van der Waals surface area contributed by atoms with E-state index in [-0.39, 0.29) is 0 Å². The van der Waals surface area contributed by atoms with Gasteiger partial charge in [-0.15, -0.1) is 11.8 Å². The van der Waals surface area contributed by atoms with Crippen molar-refractivity contribution in [3.63, 3.8) is 0 Å². The summed E-state index contributed by atoms with van der Waals surface area (Å²) < 4.78 is 2.02. The number of benzene rings is 1. The highest BCUT2D eigenvalue weighted by molar-refractivity contribution is 7.99. The molecule has 0 spiro atoms. The molecule has 0 aliphatic carbocycles. The summed E-state index contributed by atoms with van der Waals surface area (Å²) in [7, 11) is 0. The number of aromatic nitrogens is 5. The van der Waals surface area contributed by atoms with Gasteiger partial charge in [0, 0.05) is 17.7 Å². The fraction of sp³-hybridized carbons (Fsp3) is 0.222. The van der Waals surface area contributed by atoms with Crippen LogP contribution in [0.4, 0.5) is 5.82 Å². The monoisotopic (exact) mass is 350 g/mol. The molecule has 4 rings (SSSR count). The van der Waals surface area contributed by atoms with Crippen LogP contribution in [-0.2, 0) is 6.54 Å². The number of pyridine rings is 1. The van der Waals surface area contributed by atoms with E-state index in [1.165, 1.54) is 17.3 Å². The molecule has 0 fully saturated rings. The Kier molecular flexibility index (Phi) is 4.23. The highest BCUT2D eigenvalue weighted by Crippen LogP contribution is 2.24. The number of aryl methyl sites for hydroxylation is 2. The van der Waals surface area contributed by atoms with E-state index in [2.05, 4.69) is 46.1 Å². The van der Waals surface area contributed by atoms with Crippen molar-refractivity contribution in [2.45, 2.75) is 24.9 Å². The van der Waals surface area contributed by atoms with Gasteiger partial charge in [0.25, 0.3) is 0 Å². The van der Waals surface area contributed by atoms with Crippen LogP contribution in [0.3, 0.4) is 0 Å². The second-order valence-electron chi connectivity index (χ2n) is 5.87. The molecule has 0 amide bonds. The first-order chi connectivity index (χ1) is 12.2. The van der Waals surface area contributed by atoms with Crippen molar-refractivity contribution in [3.8, 4) is 0 Å². The summed E-state index contributed by atoms with van der Waals surface area (Å²) in [6.07, 6.45) is 4.25. The predicted octanol–water partition coefficient (Wildman–Crippen LogP) is 3.45. The molecule has 25 heavy (non-hydrogen) atoms. The maximum absolute atomic E-state index is 5.82. The molecule has 0 aliphatic rings. The van der Waals surface area contributed by atoms with Crippen LogP contribution in [-0.4, -0.2) is 30.3 Å². The number of thioether (sulfide) groups is 1. The lowest BCUT2D eigenvalue weighted by molar-refractivity contribution is 0.696. The van der Waals surface area contributed by atoms with E-state index in [0.717, 1.165) is 34.9 Å². The first-order valence-electron chi connectivity index (χ1n) is 8.13. The standard InChI is InChI=1S/C18H18N6S/c1-12-9-15(23-14-6-3-2-5-13(12)14)25-8-4-7-24-11-22-16-17(19)20-10-21-18(16)24/h2-3,5-6,9-11H,4,7-8H2,1H3,(H2,19,20,21). The molecule has 6 nitrogen and oxygen atoms in total. The zero-order chi connectivity index (χ0) is 17.2. The number of imidazole rings is 1. The first-order valence-corrected chi connectivity index (χ1v) is 9.11. The number of nitrogens with two attached hydrogens (primary N) is 1. The smallest absolute Gasteiger partial charge is 0.165 e. The van der Waals surface area contributed by atoms with Gasteiger partial charge in [0.1, 0.15) is 11.8 Å². The zero-order valence-corrected chi connectivity index (χ0v) is 14.7. The van der Waals surface area contributed by atoms with Gasteiger partial charge in [0.15, 0.2) is 11.5 Å². The maximum atomic E-state index is 5.82. The topological polar surface area (TPSA) is 82.5 Å². The number of para-hydroxylation sites is 1. The van der Waals surface area contributed by atoms with Crippen molar-refractivity contribution in [3.05, 3.63) is 48.5 Å². The molecular formula is C18H18N6S. The fourth-order valence-electron chi connectivity index (χ4n) is 2.87. The molecule has 0 saturated carbocycles. The van der Waals surface area contributed by atoms with E-state index in [4.69, 9.17) is 10.7 Å². The Morgan fingerprint density at radius 3 is 2.96 bits per heavy atom. The first kappa shape index (κ1) is 15.8. The van der Waals surface area contributed by atoms with Crippen molar-refractivity contribution < 1.29 is 0 Å². The minimum Gasteiger partial charge on any atom is -0.382 e. The van der Waals surface area contributed by atoms with Crippen molar-refractivity contribution in [2.24, 2.45) is 0 Å². The van der Waals surface area contributed by atoms with Gasteiger partial charge in [-0.3, -0.25) is 0 Å². The molecule has 0 unspecified atom stereocenters. The van der Waals surface area contributed by atoms with E-state index in [9.17, 15) is 0 Å². The molecule has 126 valence electrons. The number of nitrogens with zero attached hydrogens (tertiary/aromatic N) is 5. The van der Waals surface area contributed by atoms with Gasteiger partial charge in [0.05, 0.1) is 16.9 Å². The lowest BCUT2D eigenvalue weighted by Gasteiger charge is -2.07. The van der Waals surface area contributed by atoms with Gasteiger partial charge in [-0.25, -0.2) is 19.9 Å². The average molecular weight is 350 g/mol. The fourth-order valence-corrected chi connectivity index (χ4v) is 3.77. The number of hydrogen-bond donors (Lipinski definition) is 1. The van der Waals surface area contributed by atoms with Gasteiger partial charge in [-0.2, -0.15) is 0 Å². The second kappa shape index (κ2) is 6.68. The Hall–Kier alpha value is -2.67. The van der Waals surface area contributed by atoms with Gasteiger partial charge in [-0.1, -0.05) is 18.2 Å². The molecule has 1 aromatic carbocycles. The SMILES string of the molecule is Cc1cc(SCCCn2cnc3c(N)ncnc32)nc2ccccc12. The van der Waals surface area contributed by atoms with E-state index < -0.39 is 0 Å². The number of rotatable bonds is 5. The van der Waals surface area contributed by atoms with Crippen molar-refractivity contribution in [1.29, 1.82) is 0 Å². The minimum absolute atomic E-state index is 0.425. The summed E-state index contributed by atoms with van der Waals surface area (Å²) in [5.74, 6) is 1.40. The largest absolute Gasteiger partial charge is 0.382 e. The van der Waals surface area contributed by atoms with Crippen LogP contribution in [0.5, 0.6) is 0 Å². The average Bonchev–Trinajstić information content (AvgIpc) is 3.03. The van der Waals surface area contributed by atoms with E-state index in [1.54, 1.807) is 18.1 Å². The molecule has 3 aromatic heterocycles. The Bertz CT molecular complexity index is 1040. The summed E-state index contributed by atoms with van der Waals surface area (Å²) in [6, 6.07) is 10.4. The van der Waals surface area contributed by atoms with Gasteiger partial charge >= 0.3 is 0 Å². The number of hydrogen-bond acceptors (Lipinski definition) is 6. The van der Waals surface area contributed by atoms with Crippen LogP contribution in [0, 0.1) is 6.92 Å². The van der Waals surface area contributed by atoms with E-state index in [1.807, 2.05) is 10.6 Å². The highest BCUT2D eigenvalue weighted by Gasteiger charge is 2.08. The molecule has 2 N–H and O–H groups in total. The molecule has 3 heterocycles. The summed E-state index contributed by atoms with van der Waals surface area (Å²) in [5, 5.41) is 2.28. The van der Waals surface area contributed by atoms with Crippen molar-refractivity contribution in [2.75, 3.05) is 11.5 Å². The maximum Gasteiger partial charge on any atom is 0.165 e. The Morgan fingerprint density at radius 1 is 1.16 bits per heavy atom. The van der Waals surface area contributed by atoms with Crippen LogP contribution in [0.25, 0.3) is 22.1 Å². The van der Waals surface area contributed by atoms with Crippen LogP contribution in [0.1, 0.15) is 12.0 Å². The van der Waals surface area contributed by atoms with Crippen molar-refractivity contribution >= 4 is 39.6 Å². The van der Waals surface area contributed by atoms with Gasteiger partial charge < -0.3 is 10.3 Å². The van der Waals surface area contributed by atoms with Gasteiger partial charge in [0.2, 0.25) is 0 Å². The Balaban J connectivity index is 1.42. The third kappa shape index (κ3) is 3.15. The van der Waals surface area contributed by atoms with E-state index in [0.29, 0.717) is 11.3 Å². The quantitative estimate of drug-likeness (QED) is 0.438.